The molecule has 1 unspecified atom stereocenters. The second-order valence-electron chi connectivity index (χ2n) is 5.22. The molecule has 0 bridgehead atoms. The number of hydrogen-bond acceptors (Lipinski definition) is 4. The predicted molar refractivity (Wildman–Crippen MR) is 72.1 cm³/mol. The number of rotatable bonds is 4. The maximum Gasteiger partial charge on any atom is 0.217 e. The first-order chi connectivity index (χ1) is 9.13. The Balaban J connectivity index is 1.81. The van der Waals surface area contributed by atoms with Crippen molar-refractivity contribution in [2.45, 2.75) is 31.1 Å². The summed E-state index contributed by atoms with van der Waals surface area (Å²) in [5, 5.41) is -0.127. The van der Waals surface area contributed by atoms with Crippen LogP contribution in [0.25, 0.3) is 0 Å². The van der Waals surface area contributed by atoms with Crippen LogP contribution in [-0.2, 0) is 10.0 Å². The maximum absolute atomic E-state index is 12.3. The van der Waals surface area contributed by atoms with Gasteiger partial charge in [-0.2, -0.15) is 4.31 Å². The number of sulfonamides is 1. The first-order valence-corrected chi connectivity index (χ1v) is 8.35. The van der Waals surface area contributed by atoms with Crippen molar-refractivity contribution in [3.05, 3.63) is 18.2 Å². The van der Waals surface area contributed by atoms with Crippen LogP contribution in [0.1, 0.15) is 31.6 Å². The molecule has 1 aromatic heterocycles. The molecule has 2 heterocycles. The van der Waals surface area contributed by atoms with E-state index in [4.69, 9.17) is 0 Å². The Morgan fingerprint density at radius 3 is 2.79 bits per heavy atom. The molecule has 1 aliphatic heterocycles. The monoisotopic (exact) mass is 284 g/mol. The lowest BCUT2D eigenvalue weighted by atomic mass is 10.2. The highest BCUT2D eigenvalue weighted by atomic mass is 32.2. The molecule has 1 saturated heterocycles. The van der Waals surface area contributed by atoms with Crippen LogP contribution < -0.4 is 0 Å². The number of likely N-dealkylation sites (N-methyl/N-ethyl adjacent to an activating group) is 1. The number of hydrogen-bond donors (Lipinski definition) is 1. The van der Waals surface area contributed by atoms with Crippen molar-refractivity contribution in [1.29, 1.82) is 0 Å². The SMILES string of the molecule is CCN1CCN(S(=O)(=O)C2CC2)CC1c1ncc[nH]1. The quantitative estimate of drug-likeness (QED) is 0.878. The highest BCUT2D eigenvalue weighted by molar-refractivity contribution is 7.90. The van der Waals surface area contributed by atoms with Gasteiger partial charge < -0.3 is 4.98 Å². The number of nitrogens with one attached hydrogen (secondary N) is 1. The first kappa shape index (κ1) is 13.1. The number of aromatic amines is 1. The van der Waals surface area contributed by atoms with E-state index in [9.17, 15) is 8.42 Å². The lowest BCUT2D eigenvalue weighted by Gasteiger charge is -2.39. The Kier molecular flexibility index (Phi) is 3.36. The van der Waals surface area contributed by atoms with Gasteiger partial charge in [-0.1, -0.05) is 6.92 Å². The molecule has 0 amide bonds. The molecule has 0 aromatic carbocycles. The van der Waals surface area contributed by atoms with Crippen molar-refractivity contribution in [1.82, 2.24) is 19.2 Å². The molecule has 1 aromatic rings. The van der Waals surface area contributed by atoms with Crippen LogP contribution in [0.5, 0.6) is 0 Å². The van der Waals surface area contributed by atoms with E-state index >= 15 is 0 Å². The third-order valence-corrected chi connectivity index (χ3v) is 6.37. The van der Waals surface area contributed by atoms with Crippen molar-refractivity contribution in [2.75, 3.05) is 26.2 Å². The fourth-order valence-electron chi connectivity index (χ4n) is 2.70. The van der Waals surface area contributed by atoms with Crippen LogP contribution in [0, 0.1) is 0 Å². The number of nitrogens with zero attached hydrogens (tertiary/aromatic N) is 3. The molecule has 0 radical (unpaired) electrons. The zero-order valence-corrected chi connectivity index (χ0v) is 11.9. The molecule has 1 saturated carbocycles. The standard InChI is InChI=1S/C12H20N4O2S/c1-2-15-7-8-16(19(17,18)10-3-4-10)9-11(15)12-13-5-6-14-12/h5-6,10-11H,2-4,7-9H2,1H3,(H,13,14). The van der Waals surface area contributed by atoms with Gasteiger partial charge in [-0.3, -0.25) is 4.90 Å². The second kappa shape index (κ2) is 4.88. The first-order valence-electron chi connectivity index (χ1n) is 6.85. The average Bonchev–Trinajstić information content (AvgIpc) is 3.15. The molecule has 1 aliphatic carbocycles. The topological polar surface area (TPSA) is 69.3 Å². The van der Waals surface area contributed by atoms with E-state index in [0.717, 1.165) is 31.8 Å². The minimum atomic E-state index is -3.08. The van der Waals surface area contributed by atoms with Crippen molar-refractivity contribution in [3.8, 4) is 0 Å². The minimum Gasteiger partial charge on any atom is -0.347 e. The molecule has 2 aliphatic rings. The molecule has 1 atom stereocenters. The van der Waals surface area contributed by atoms with Crippen molar-refractivity contribution in [3.63, 3.8) is 0 Å². The summed E-state index contributed by atoms with van der Waals surface area (Å²) in [7, 11) is -3.08. The van der Waals surface area contributed by atoms with Crippen molar-refractivity contribution in [2.24, 2.45) is 0 Å². The van der Waals surface area contributed by atoms with E-state index in [1.165, 1.54) is 0 Å². The third-order valence-electron chi connectivity index (χ3n) is 4.00. The molecule has 0 spiro atoms. The molecule has 2 fully saturated rings. The highest BCUT2D eigenvalue weighted by Gasteiger charge is 2.43. The Morgan fingerprint density at radius 2 is 2.21 bits per heavy atom. The van der Waals surface area contributed by atoms with Crippen LogP contribution >= 0.6 is 0 Å². The van der Waals surface area contributed by atoms with Gasteiger partial charge in [0, 0.05) is 32.0 Å². The van der Waals surface area contributed by atoms with Crippen LogP contribution in [-0.4, -0.2) is 59.0 Å². The zero-order valence-electron chi connectivity index (χ0n) is 11.1. The summed E-state index contributed by atoms with van der Waals surface area (Å²) >= 11 is 0. The number of aromatic nitrogens is 2. The van der Waals surface area contributed by atoms with Gasteiger partial charge in [0.1, 0.15) is 5.82 Å². The molecular formula is C12H20N4O2S. The van der Waals surface area contributed by atoms with Gasteiger partial charge in [0.15, 0.2) is 0 Å². The third kappa shape index (κ3) is 2.42. The minimum absolute atomic E-state index is 0.0438. The fraction of sp³-hybridized carbons (Fsp3) is 0.750. The number of imidazole rings is 1. The van der Waals surface area contributed by atoms with E-state index in [1.807, 2.05) is 0 Å². The van der Waals surface area contributed by atoms with Gasteiger partial charge in [0.2, 0.25) is 10.0 Å². The summed E-state index contributed by atoms with van der Waals surface area (Å²) in [5.74, 6) is 0.859. The summed E-state index contributed by atoms with van der Waals surface area (Å²) < 4.78 is 26.3. The maximum atomic E-state index is 12.3. The largest absolute Gasteiger partial charge is 0.347 e. The predicted octanol–water partition coefficient (Wildman–Crippen LogP) is 0.580. The zero-order chi connectivity index (χ0) is 13.5. The van der Waals surface area contributed by atoms with Crippen LogP contribution in [0.2, 0.25) is 0 Å². The summed E-state index contributed by atoms with van der Waals surface area (Å²) in [6, 6.07) is 0.0438. The van der Waals surface area contributed by atoms with Crippen LogP contribution in [0.3, 0.4) is 0 Å². The number of piperazine rings is 1. The van der Waals surface area contributed by atoms with Gasteiger partial charge in [-0.05, 0) is 19.4 Å². The summed E-state index contributed by atoms with van der Waals surface area (Å²) in [6.07, 6.45) is 5.15. The molecule has 7 heteroatoms. The van der Waals surface area contributed by atoms with Gasteiger partial charge in [0.25, 0.3) is 0 Å². The van der Waals surface area contributed by atoms with E-state index in [-0.39, 0.29) is 11.3 Å². The lowest BCUT2D eigenvalue weighted by molar-refractivity contribution is 0.119. The summed E-state index contributed by atoms with van der Waals surface area (Å²) in [4.78, 5) is 9.69. The van der Waals surface area contributed by atoms with Crippen LogP contribution in [0.4, 0.5) is 0 Å². The molecule has 3 rings (SSSR count). The summed E-state index contributed by atoms with van der Waals surface area (Å²) in [6.45, 7) is 4.89. The van der Waals surface area contributed by atoms with Gasteiger partial charge >= 0.3 is 0 Å². The lowest BCUT2D eigenvalue weighted by Crippen LogP contribution is -2.51. The number of H-pyrrole nitrogens is 1. The second-order valence-corrected chi connectivity index (χ2v) is 7.43. The van der Waals surface area contributed by atoms with Crippen molar-refractivity contribution < 1.29 is 8.42 Å². The van der Waals surface area contributed by atoms with Crippen LogP contribution in [0.15, 0.2) is 12.4 Å². The molecule has 106 valence electrons. The Bertz CT molecular complexity index is 524. The highest BCUT2D eigenvalue weighted by Crippen LogP contribution is 2.33. The molecule has 1 N–H and O–H groups in total. The molecular weight excluding hydrogens is 264 g/mol. The van der Waals surface area contributed by atoms with Gasteiger partial charge in [-0.15, -0.1) is 0 Å². The van der Waals surface area contributed by atoms with E-state index in [2.05, 4.69) is 21.8 Å². The molecule has 6 nitrogen and oxygen atoms in total. The summed E-state index contributed by atoms with van der Waals surface area (Å²) in [5.41, 5.74) is 0. The van der Waals surface area contributed by atoms with Gasteiger partial charge in [-0.25, -0.2) is 13.4 Å². The average molecular weight is 284 g/mol. The van der Waals surface area contributed by atoms with E-state index in [1.54, 1.807) is 16.7 Å². The Labute approximate surface area is 113 Å². The Hall–Kier alpha value is -0.920. The van der Waals surface area contributed by atoms with Gasteiger partial charge in [0.05, 0.1) is 11.3 Å². The van der Waals surface area contributed by atoms with E-state index < -0.39 is 10.0 Å². The Morgan fingerprint density at radius 1 is 1.42 bits per heavy atom. The van der Waals surface area contributed by atoms with E-state index in [0.29, 0.717) is 13.1 Å². The fourth-order valence-corrected chi connectivity index (χ4v) is 4.54. The molecule has 19 heavy (non-hydrogen) atoms. The normalized spacial score (nSPS) is 26.7. The van der Waals surface area contributed by atoms with Crippen molar-refractivity contribution >= 4 is 10.0 Å². The smallest absolute Gasteiger partial charge is 0.217 e.